The first-order valence-corrected chi connectivity index (χ1v) is 26.9. The van der Waals surface area contributed by atoms with Gasteiger partial charge in [-0.3, -0.25) is 35.3 Å². The second kappa shape index (κ2) is 25.2. The van der Waals surface area contributed by atoms with Crippen LogP contribution in [0.25, 0.3) is 32.7 Å². The fourth-order valence-corrected chi connectivity index (χ4v) is 9.58. The molecule has 1 aliphatic heterocycles. The second-order valence-electron chi connectivity index (χ2n) is 19.9. The van der Waals surface area contributed by atoms with E-state index in [4.69, 9.17) is 16.2 Å². The van der Waals surface area contributed by atoms with Gasteiger partial charge in [0.05, 0.1) is 45.3 Å². The lowest BCUT2D eigenvalue weighted by Gasteiger charge is -2.35. The number of anilines is 1. The number of nitrogens with two attached hydrogens (primary N) is 2. The molecule has 3 aromatic carbocycles. The number of rotatable bonds is 18. The van der Waals surface area contributed by atoms with Crippen molar-refractivity contribution < 1.29 is 27.5 Å². The first-order chi connectivity index (χ1) is 36.6. The number of nitrogens with one attached hydrogen (secondary N) is 4. The summed E-state index contributed by atoms with van der Waals surface area (Å²) in [7, 11) is 1.77. The molecule has 1 atom stereocenters. The zero-order chi connectivity index (χ0) is 55.4. The molecule has 0 aliphatic carbocycles. The first-order valence-electron chi connectivity index (χ1n) is 25.2. The molecular formula is C52H68N18O6S. The Bertz CT molecular complexity index is 3350. The number of benzene rings is 3. The van der Waals surface area contributed by atoms with Crippen molar-refractivity contribution in [2.24, 2.45) is 32.4 Å². The van der Waals surface area contributed by atoms with Crippen molar-refractivity contribution in [2.45, 2.75) is 78.1 Å². The number of piperidine rings is 1. The third-order valence-corrected chi connectivity index (χ3v) is 13.8. The number of guanidine groups is 3. The van der Waals surface area contributed by atoms with Gasteiger partial charge in [0.25, 0.3) is 11.9 Å². The van der Waals surface area contributed by atoms with Gasteiger partial charge in [0, 0.05) is 55.3 Å². The number of hydrogen-bond acceptors (Lipinski definition) is 17. The molecule has 1 saturated heterocycles. The van der Waals surface area contributed by atoms with Gasteiger partial charge in [-0.25, -0.2) is 43.1 Å². The molecule has 408 valence electrons. The predicted octanol–water partition coefficient (Wildman–Crippen LogP) is 4.44. The van der Waals surface area contributed by atoms with E-state index >= 15 is 0 Å². The molecule has 25 heteroatoms. The van der Waals surface area contributed by atoms with Gasteiger partial charge in [-0.05, 0) is 118 Å². The molecule has 0 saturated carbocycles. The average Bonchev–Trinajstić information content (AvgIpc) is 3.36. The minimum absolute atomic E-state index is 0.00609. The van der Waals surface area contributed by atoms with Crippen LogP contribution in [-0.4, -0.2) is 155 Å². The van der Waals surface area contributed by atoms with Gasteiger partial charge in [-0.2, -0.15) is 9.98 Å². The number of nitrogens with zero attached hydrogens (tertiary/aromatic N) is 12. The van der Waals surface area contributed by atoms with E-state index in [0.717, 1.165) is 28.7 Å². The van der Waals surface area contributed by atoms with Crippen LogP contribution in [0.2, 0.25) is 0 Å². The molecule has 6 aromatic rings. The van der Waals surface area contributed by atoms with Gasteiger partial charge in [0.15, 0.2) is 0 Å². The number of aryl methyl sites for hydroxylation is 3. The third-order valence-electron chi connectivity index (χ3n) is 12.6. The van der Waals surface area contributed by atoms with E-state index in [9.17, 15) is 22.8 Å². The number of amides is 3. The van der Waals surface area contributed by atoms with Gasteiger partial charge in [0.1, 0.15) is 5.60 Å². The van der Waals surface area contributed by atoms with E-state index in [1.165, 1.54) is 4.90 Å². The number of likely N-dealkylation sites (tertiary alicyclic amines) is 1. The number of carbonyl (C=O) groups is 3. The van der Waals surface area contributed by atoms with Gasteiger partial charge in [0.2, 0.25) is 45.7 Å². The van der Waals surface area contributed by atoms with E-state index in [1.54, 1.807) is 25.1 Å². The molecule has 1 unspecified atom stereocenters. The normalized spacial score (nSPS) is 14.9. The number of ether oxygens (including phenoxy) is 1. The summed E-state index contributed by atoms with van der Waals surface area (Å²) in [5.74, 6) is -1.63. The van der Waals surface area contributed by atoms with Gasteiger partial charge >= 0.3 is 6.09 Å². The third kappa shape index (κ3) is 16.5. The number of sulfonamides is 1. The number of fused-ring (bicyclic) bond motifs is 3. The molecule has 1 aliphatic rings. The highest BCUT2D eigenvalue weighted by molar-refractivity contribution is 7.89. The van der Waals surface area contributed by atoms with Crippen LogP contribution in [0, 0.1) is 26.7 Å². The number of hydrogen-bond donors (Lipinski definition) is 6. The minimum Gasteiger partial charge on any atom is -0.443 e. The highest BCUT2D eigenvalue weighted by Gasteiger charge is 2.33. The summed E-state index contributed by atoms with van der Waals surface area (Å²) in [5.41, 5.74) is 15.7. The number of carbonyl (C=O) groups excluding carboxylic acids is 3. The quantitative estimate of drug-likeness (QED) is 0.0393. The number of aliphatic imine (C=N–C) groups is 3. The standard InChI is InChI=1S/C52H68N18O6S/c1-32-37-16-9-11-18-40(37)59-48(56-32)65-46(54)63-44(72)36-15-13-26-70(30-36)51(73)76-52(4,5)23-28-69(8)27-22-43(71)62-45(53)64-49-58-34(3)39-29-35(20-21-42(39)61-49)31-77(74,75)67-47(55-24-14-25-68(6)7)66-50-57-33(2)38-17-10-12-19-41(38)60-50/h9-12,16-21,29,36H,13-15,22-28,30-31H2,1-8H3,(H2,55,57,60,66,67)(H3,53,58,61,62,64,71)(H3,54,56,59,63,65,72). The Morgan fingerprint density at radius 3 is 2.06 bits per heavy atom. The largest absolute Gasteiger partial charge is 0.443 e. The SMILES string of the molecule is Cc1nc(N=C(N)NC(=O)CCN(C)CCC(C)(C)OC(=O)N2CCCC(C(=O)NC(N)=Nc3nc(C)c4ccccc4n3)C2)nc2ccc(CS(=O)(=O)NC(=NCCCN(C)C)Nc3nc(C)c4ccccc4n3)cc12. The van der Waals surface area contributed by atoms with Crippen LogP contribution in [0.15, 0.2) is 81.7 Å². The van der Waals surface area contributed by atoms with Crippen LogP contribution in [0.4, 0.5) is 22.6 Å². The summed E-state index contributed by atoms with van der Waals surface area (Å²) in [4.78, 5) is 84.8. The monoisotopic (exact) mass is 1070 g/mol. The summed E-state index contributed by atoms with van der Waals surface area (Å²) in [6.45, 7) is 11.6. The minimum atomic E-state index is -3.99. The van der Waals surface area contributed by atoms with Crippen molar-refractivity contribution in [3.8, 4) is 0 Å². The zero-order valence-electron chi connectivity index (χ0n) is 44.8. The van der Waals surface area contributed by atoms with Crippen LogP contribution in [0.3, 0.4) is 0 Å². The summed E-state index contributed by atoms with van der Waals surface area (Å²) in [6, 6.07) is 20.1. The summed E-state index contributed by atoms with van der Waals surface area (Å²) < 4.78 is 35.8. The Kier molecular flexibility index (Phi) is 18.6. The number of aromatic nitrogens is 6. The van der Waals surface area contributed by atoms with Crippen LogP contribution in [0.1, 0.15) is 68.6 Å². The highest BCUT2D eigenvalue weighted by atomic mass is 32.2. The molecule has 3 amide bonds. The molecule has 24 nitrogen and oxygen atoms in total. The number of para-hydroxylation sites is 2. The lowest BCUT2D eigenvalue weighted by Crippen LogP contribution is -2.49. The van der Waals surface area contributed by atoms with Crippen molar-refractivity contribution in [3.63, 3.8) is 0 Å². The molecule has 0 radical (unpaired) electrons. The Balaban J connectivity index is 0.860. The Labute approximate surface area is 447 Å². The molecular weight excluding hydrogens is 1000 g/mol. The van der Waals surface area contributed by atoms with Gasteiger partial charge in [-0.1, -0.05) is 42.5 Å². The molecule has 0 spiro atoms. The van der Waals surface area contributed by atoms with E-state index in [-0.39, 0.29) is 66.3 Å². The van der Waals surface area contributed by atoms with Crippen molar-refractivity contribution in [1.29, 1.82) is 0 Å². The molecule has 1 fully saturated rings. The van der Waals surface area contributed by atoms with Crippen molar-refractivity contribution in [1.82, 2.24) is 60.0 Å². The predicted molar refractivity (Wildman–Crippen MR) is 298 cm³/mol. The van der Waals surface area contributed by atoms with Crippen LogP contribution < -0.4 is 32.1 Å². The van der Waals surface area contributed by atoms with E-state index in [2.05, 4.69) is 65.6 Å². The fourth-order valence-electron chi connectivity index (χ4n) is 8.48. The summed E-state index contributed by atoms with van der Waals surface area (Å²) in [6.07, 6.45) is 1.87. The van der Waals surface area contributed by atoms with Crippen LogP contribution >= 0.6 is 0 Å². The van der Waals surface area contributed by atoms with Gasteiger partial charge in [-0.15, -0.1) is 0 Å². The van der Waals surface area contributed by atoms with E-state index in [0.29, 0.717) is 85.1 Å². The lowest BCUT2D eigenvalue weighted by atomic mass is 9.97. The maximum Gasteiger partial charge on any atom is 0.410 e. The Morgan fingerprint density at radius 2 is 1.39 bits per heavy atom. The maximum absolute atomic E-state index is 13.6. The van der Waals surface area contributed by atoms with Gasteiger partial charge < -0.3 is 30.9 Å². The molecule has 3 aromatic heterocycles. The molecule has 7 rings (SSSR count). The Morgan fingerprint density at radius 1 is 0.779 bits per heavy atom. The Hall–Kier alpha value is -8.03. The first kappa shape index (κ1) is 56.7. The van der Waals surface area contributed by atoms with Crippen molar-refractivity contribution in [2.75, 3.05) is 65.7 Å². The van der Waals surface area contributed by atoms with Crippen molar-refractivity contribution in [3.05, 3.63) is 89.4 Å². The average molecular weight is 1070 g/mol. The summed E-state index contributed by atoms with van der Waals surface area (Å²) >= 11 is 0. The zero-order valence-corrected chi connectivity index (χ0v) is 45.6. The highest BCUT2D eigenvalue weighted by Crippen LogP contribution is 2.24. The maximum atomic E-state index is 13.6. The van der Waals surface area contributed by atoms with Crippen LogP contribution in [-0.2, 0) is 30.1 Å². The fraction of sp³-hybridized carbons (Fsp3) is 0.423. The lowest BCUT2D eigenvalue weighted by molar-refractivity contribution is -0.125. The van der Waals surface area contributed by atoms with E-state index in [1.807, 2.05) is 107 Å². The van der Waals surface area contributed by atoms with E-state index < -0.39 is 27.6 Å². The molecule has 0 bridgehead atoms. The molecule has 8 N–H and O–H groups in total. The van der Waals surface area contributed by atoms with Crippen LogP contribution in [0.5, 0.6) is 0 Å². The second-order valence-corrected chi connectivity index (χ2v) is 21.6. The smallest absolute Gasteiger partial charge is 0.410 e. The topological polar surface area (TPSA) is 319 Å². The molecule has 77 heavy (non-hydrogen) atoms. The summed E-state index contributed by atoms with van der Waals surface area (Å²) in [5, 5.41) is 10.6. The van der Waals surface area contributed by atoms with Crippen molar-refractivity contribution >= 4 is 96.4 Å². The molecule has 4 heterocycles.